The number of anilines is 1. The van der Waals surface area contributed by atoms with Gasteiger partial charge >= 0.3 is 0 Å². The minimum atomic E-state index is -0.464. The molecule has 0 aliphatic carbocycles. The molecule has 33 heavy (non-hydrogen) atoms. The number of hydrogen-bond donors (Lipinski definition) is 1. The third-order valence-electron chi connectivity index (χ3n) is 4.74. The van der Waals surface area contributed by atoms with E-state index in [1.54, 1.807) is 35.1 Å². The Labute approximate surface area is 206 Å². The molecule has 0 saturated heterocycles. The van der Waals surface area contributed by atoms with Crippen LogP contribution in [0.2, 0.25) is 15.1 Å². The number of nitrogens with one attached hydrogen (secondary N) is 1. The quantitative estimate of drug-likeness (QED) is 0.296. The number of furan rings is 1. The van der Waals surface area contributed by atoms with E-state index >= 15 is 0 Å². The van der Waals surface area contributed by atoms with Crippen LogP contribution in [0.4, 0.5) is 5.82 Å². The van der Waals surface area contributed by atoms with E-state index < -0.39 is 5.91 Å². The predicted octanol–water partition coefficient (Wildman–Crippen LogP) is 6.93. The molecule has 0 bridgehead atoms. The van der Waals surface area contributed by atoms with Crippen LogP contribution < -0.4 is 10.1 Å². The maximum atomic E-state index is 12.6. The van der Waals surface area contributed by atoms with Crippen molar-refractivity contribution in [2.24, 2.45) is 0 Å². The molecule has 9 heteroatoms. The van der Waals surface area contributed by atoms with Gasteiger partial charge in [0.15, 0.2) is 11.6 Å². The van der Waals surface area contributed by atoms with Gasteiger partial charge in [0.2, 0.25) is 0 Å². The van der Waals surface area contributed by atoms with Crippen LogP contribution in [-0.2, 0) is 13.2 Å². The van der Waals surface area contributed by atoms with Gasteiger partial charge in [-0.3, -0.25) is 9.48 Å². The van der Waals surface area contributed by atoms with Gasteiger partial charge in [0.05, 0.1) is 16.6 Å². The Hall–Kier alpha value is -2.93. The van der Waals surface area contributed by atoms with Crippen LogP contribution in [0.3, 0.4) is 0 Å². The Morgan fingerprint density at radius 1 is 1.00 bits per heavy atom. The number of aromatic nitrogens is 2. The normalized spacial score (nSPS) is 10.9. The molecular formula is C24H20Cl3N3O3. The molecule has 0 fully saturated rings. The molecule has 0 spiro atoms. The van der Waals surface area contributed by atoms with Crippen LogP contribution in [-0.4, -0.2) is 15.7 Å². The van der Waals surface area contributed by atoms with Crippen LogP contribution in [0, 0.1) is 13.8 Å². The SMILES string of the molecule is Cc1cc(C)cc(OCc2ccc(C(=O)Nc3nn(Cc4ccc(Cl)c(Cl)c4)cc3Cl)o2)c1. The van der Waals surface area contributed by atoms with Crippen molar-refractivity contribution < 1.29 is 13.9 Å². The van der Waals surface area contributed by atoms with Crippen molar-refractivity contribution in [1.82, 2.24) is 9.78 Å². The fourth-order valence-corrected chi connectivity index (χ4v) is 3.82. The van der Waals surface area contributed by atoms with Gasteiger partial charge in [-0.05, 0) is 66.9 Å². The second-order valence-corrected chi connectivity index (χ2v) is 8.83. The van der Waals surface area contributed by atoms with Gasteiger partial charge in [-0.15, -0.1) is 0 Å². The minimum Gasteiger partial charge on any atom is -0.486 e. The van der Waals surface area contributed by atoms with E-state index in [-0.39, 0.29) is 18.2 Å². The zero-order valence-corrected chi connectivity index (χ0v) is 20.1. The third kappa shape index (κ3) is 5.90. The summed E-state index contributed by atoms with van der Waals surface area (Å²) in [6.45, 7) is 4.63. The monoisotopic (exact) mass is 503 g/mol. The Morgan fingerprint density at radius 3 is 2.48 bits per heavy atom. The van der Waals surface area contributed by atoms with Gasteiger partial charge in [-0.25, -0.2) is 0 Å². The molecule has 2 heterocycles. The van der Waals surface area contributed by atoms with E-state index in [1.807, 2.05) is 32.0 Å². The van der Waals surface area contributed by atoms with Gasteiger partial charge in [-0.2, -0.15) is 5.10 Å². The molecular weight excluding hydrogens is 485 g/mol. The van der Waals surface area contributed by atoms with E-state index in [0.29, 0.717) is 27.4 Å². The van der Waals surface area contributed by atoms with Crippen molar-refractivity contribution in [3.8, 4) is 5.75 Å². The molecule has 0 aliphatic heterocycles. The van der Waals surface area contributed by atoms with Gasteiger partial charge in [-0.1, -0.05) is 46.9 Å². The Bertz CT molecular complexity index is 1290. The topological polar surface area (TPSA) is 69.3 Å². The lowest BCUT2D eigenvalue weighted by molar-refractivity contribution is 0.0992. The summed E-state index contributed by atoms with van der Waals surface area (Å²) >= 11 is 18.3. The Kier molecular flexibility index (Phi) is 6.98. The molecule has 0 unspecified atom stereocenters. The number of carbonyl (C=O) groups is 1. The number of amides is 1. The lowest BCUT2D eigenvalue weighted by atomic mass is 10.1. The largest absolute Gasteiger partial charge is 0.486 e. The number of benzene rings is 2. The van der Waals surface area contributed by atoms with E-state index in [9.17, 15) is 4.79 Å². The van der Waals surface area contributed by atoms with Gasteiger partial charge in [0, 0.05) is 6.20 Å². The fourth-order valence-electron chi connectivity index (χ4n) is 3.31. The number of rotatable bonds is 7. The maximum absolute atomic E-state index is 12.6. The third-order valence-corrected chi connectivity index (χ3v) is 5.75. The molecule has 2 aromatic carbocycles. The zero-order chi connectivity index (χ0) is 23.5. The minimum absolute atomic E-state index is 0.129. The van der Waals surface area contributed by atoms with Gasteiger partial charge < -0.3 is 14.5 Å². The van der Waals surface area contributed by atoms with E-state index in [1.165, 1.54) is 0 Å². The zero-order valence-electron chi connectivity index (χ0n) is 17.9. The first kappa shape index (κ1) is 23.2. The Morgan fingerprint density at radius 2 is 1.76 bits per heavy atom. The molecule has 170 valence electrons. The summed E-state index contributed by atoms with van der Waals surface area (Å²) in [5, 5.41) is 8.23. The van der Waals surface area contributed by atoms with E-state index in [0.717, 1.165) is 22.4 Å². The molecule has 4 rings (SSSR count). The lowest BCUT2D eigenvalue weighted by Gasteiger charge is -2.06. The first-order chi connectivity index (χ1) is 15.8. The molecule has 4 aromatic rings. The summed E-state index contributed by atoms with van der Waals surface area (Å²) in [5.74, 6) is 1.16. The van der Waals surface area contributed by atoms with Crippen LogP contribution in [0.1, 0.15) is 33.0 Å². The highest BCUT2D eigenvalue weighted by Gasteiger charge is 2.16. The number of hydrogen-bond acceptors (Lipinski definition) is 4. The molecule has 0 saturated carbocycles. The van der Waals surface area contributed by atoms with Crippen molar-refractivity contribution in [3.63, 3.8) is 0 Å². The highest BCUT2D eigenvalue weighted by molar-refractivity contribution is 6.42. The van der Waals surface area contributed by atoms with Crippen LogP contribution in [0.25, 0.3) is 0 Å². The second kappa shape index (κ2) is 9.91. The first-order valence-corrected chi connectivity index (χ1v) is 11.2. The molecule has 2 aromatic heterocycles. The Balaban J connectivity index is 1.38. The average molecular weight is 505 g/mol. The lowest BCUT2D eigenvalue weighted by Crippen LogP contribution is -2.12. The molecule has 6 nitrogen and oxygen atoms in total. The summed E-state index contributed by atoms with van der Waals surface area (Å²) in [6.07, 6.45) is 1.62. The standard InChI is InChI=1S/C24H20Cl3N3O3/c1-14-7-15(2)9-18(8-14)32-13-17-4-6-22(33-17)24(31)28-23-21(27)12-30(29-23)11-16-3-5-19(25)20(26)10-16/h3-10,12H,11,13H2,1-2H3,(H,28,29,31). The summed E-state index contributed by atoms with van der Waals surface area (Å²) in [7, 11) is 0. The maximum Gasteiger partial charge on any atom is 0.292 e. The number of halogens is 3. The molecule has 0 aliphatic rings. The molecule has 0 radical (unpaired) electrons. The molecule has 1 N–H and O–H groups in total. The second-order valence-electron chi connectivity index (χ2n) is 7.60. The number of nitrogens with zero attached hydrogens (tertiary/aromatic N) is 2. The smallest absolute Gasteiger partial charge is 0.292 e. The van der Waals surface area contributed by atoms with Crippen molar-refractivity contribution in [1.29, 1.82) is 0 Å². The van der Waals surface area contributed by atoms with Crippen LogP contribution in [0.15, 0.2) is 59.1 Å². The van der Waals surface area contributed by atoms with Gasteiger partial charge in [0.1, 0.15) is 23.1 Å². The number of carbonyl (C=O) groups excluding carboxylic acids is 1. The average Bonchev–Trinajstić information content (AvgIpc) is 3.35. The van der Waals surface area contributed by atoms with Crippen molar-refractivity contribution >= 4 is 46.5 Å². The highest BCUT2D eigenvalue weighted by atomic mass is 35.5. The van der Waals surface area contributed by atoms with Crippen molar-refractivity contribution in [2.45, 2.75) is 27.0 Å². The summed E-state index contributed by atoms with van der Waals surface area (Å²) in [5.41, 5.74) is 3.11. The van der Waals surface area contributed by atoms with E-state index in [4.69, 9.17) is 44.0 Å². The summed E-state index contributed by atoms with van der Waals surface area (Å²) in [6, 6.07) is 14.5. The highest BCUT2D eigenvalue weighted by Crippen LogP contribution is 2.25. The number of ether oxygens (including phenoxy) is 1. The summed E-state index contributed by atoms with van der Waals surface area (Å²) in [4.78, 5) is 12.6. The van der Waals surface area contributed by atoms with E-state index in [2.05, 4.69) is 16.5 Å². The van der Waals surface area contributed by atoms with Crippen molar-refractivity contribution in [2.75, 3.05) is 5.32 Å². The fraction of sp³-hybridized carbons (Fsp3) is 0.167. The number of aryl methyl sites for hydroxylation is 2. The predicted molar refractivity (Wildman–Crippen MR) is 130 cm³/mol. The van der Waals surface area contributed by atoms with Crippen LogP contribution >= 0.6 is 34.8 Å². The van der Waals surface area contributed by atoms with Crippen molar-refractivity contribution in [3.05, 3.63) is 98.0 Å². The molecule has 1 amide bonds. The van der Waals surface area contributed by atoms with Gasteiger partial charge in [0.25, 0.3) is 5.91 Å². The first-order valence-electron chi connectivity index (χ1n) is 10.0. The summed E-state index contributed by atoms with van der Waals surface area (Å²) < 4.78 is 13.0. The molecule has 0 atom stereocenters. The van der Waals surface area contributed by atoms with Crippen LogP contribution in [0.5, 0.6) is 5.75 Å².